The van der Waals surface area contributed by atoms with Crippen molar-refractivity contribution < 1.29 is 0 Å². The Hall–Kier alpha value is -0.340. The molecule has 0 amide bonds. The fraction of sp³-hybridized carbons (Fsp3) is 0.556. The molecule has 1 aromatic rings. The molecule has 2 heteroatoms. The molecule has 0 saturated heterocycles. The standard InChI is InChI=1S/C9H15NS/c1-4-10(3)7-9-6-5-8(2)11-9/h5-6H,4,7H2,1-3H3. The zero-order valence-electron chi connectivity index (χ0n) is 7.42. The van der Waals surface area contributed by atoms with Crippen molar-refractivity contribution in [2.45, 2.75) is 20.4 Å². The Morgan fingerprint density at radius 1 is 1.45 bits per heavy atom. The van der Waals surface area contributed by atoms with E-state index in [0.29, 0.717) is 0 Å². The van der Waals surface area contributed by atoms with Crippen molar-refractivity contribution in [3.63, 3.8) is 0 Å². The van der Waals surface area contributed by atoms with Crippen LogP contribution in [0.1, 0.15) is 16.7 Å². The molecule has 0 aliphatic carbocycles. The molecule has 1 rings (SSSR count). The highest BCUT2D eigenvalue weighted by molar-refractivity contribution is 7.11. The van der Waals surface area contributed by atoms with Crippen molar-refractivity contribution >= 4 is 11.3 Å². The van der Waals surface area contributed by atoms with Gasteiger partial charge in [-0.3, -0.25) is 0 Å². The summed E-state index contributed by atoms with van der Waals surface area (Å²) in [6, 6.07) is 4.40. The Morgan fingerprint density at radius 3 is 2.64 bits per heavy atom. The van der Waals surface area contributed by atoms with E-state index in [4.69, 9.17) is 0 Å². The van der Waals surface area contributed by atoms with Crippen molar-refractivity contribution in [2.75, 3.05) is 13.6 Å². The quantitative estimate of drug-likeness (QED) is 0.672. The van der Waals surface area contributed by atoms with Crippen molar-refractivity contribution in [3.8, 4) is 0 Å². The molecule has 0 radical (unpaired) electrons. The van der Waals surface area contributed by atoms with E-state index in [0.717, 1.165) is 13.1 Å². The summed E-state index contributed by atoms with van der Waals surface area (Å²) in [6.07, 6.45) is 0. The van der Waals surface area contributed by atoms with Crippen molar-refractivity contribution in [1.82, 2.24) is 4.90 Å². The molecule has 0 spiro atoms. The van der Waals surface area contributed by atoms with Gasteiger partial charge in [-0.05, 0) is 32.6 Å². The number of aryl methyl sites for hydroxylation is 1. The average molecular weight is 169 g/mol. The van der Waals surface area contributed by atoms with Gasteiger partial charge in [0.2, 0.25) is 0 Å². The highest BCUT2D eigenvalue weighted by Crippen LogP contribution is 2.16. The molecule has 0 atom stereocenters. The lowest BCUT2D eigenvalue weighted by atomic mass is 10.4. The third kappa shape index (κ3) is 2.64. The Morgan fingerprint density at radius 2 is 2.18 bits per heavy atom. The molecule has 0 N–H and O–H groups in total. The minimum atomic E-state index is 1.09. The maximum Gasteiger partial charge on any atom is 0.0324 e. The summed E-state index contributed by atoms with van der Waals surface area (Å²) in [4.78, 5) is 5.18. The van der Waals surface area contributed by atoms with Crippen LogP contribution in [0.25, 0.3) is 0 Å². The van der Waals surface area contributed by atoms with Crippen LogP contribution in [0.3, 0.4) is 0 Å². The summed E-state index contributed by atoms with van der Waals surface area (Å²) in [5.41, 5.74) is 0. The predicted octanol–water partition coefficient (Wildman–Crippen LogP) is 2.51. The maximum absolute atomic E-state index is 2.31. The monoisotopic (exact) mass is 169 g/mol. The van der Waals surface area contributed by atoms with Crippen LogP contribution in [0.2, 0.25) is 0 Å². The number of nitrogens with zero attached hydrogens (tertiary/aromatic N) is 1. The van der Waals surface area contributed by atoms with E-state index < -0.39 is 0 Å². The number of rotatable bonds is 3. The van der Waals surface area contributed by atoms with Crippen LogP contribution >= 0.6 is 11.3 Å². The van der Waals surface area contributed by atoms with Crippen LogP contribution in [0.5, 0.6) is 0 Å². The lowest BCUT2D eigenvalue weighted by Gasteiger charge is -2.11. The second kappa shape index (κ2) is 3.88. The molecule has 0 fully saturated rings. The summed E-state index contributed by atoms with van der Waals surface area (Å²) in [5, 5.41) is 0. The normalized spacial score (nSPS) is 10.9. The van der Waals surface area contributed by atoms with Gasteiger partial charge in [-0.1, -0.05) is 6.92 Å². The smallest absolute Gasteiger partial charge is 0.0324 e. The molecule has 62 valence electrons. The van der Waals surface area contributed by atoms with Gasteiger partial charge in [0.05, 0.1) is 0 Å². The molecule has 0 saturated carbocycles. The van der Waals surface area contributed by atoms with Gasteiger partial charge in [-0.25, -0.2) is 0 Å². The van der Waals surface area contributed by atoms with Gasteiger partial charge in [0.1, 0.15) is 0 Å². The first-order valence-corrected chi connectivity index (χ1v) is 4.78. The lowest BCUT2D eigenvalue weighted by molar-refractivity contribution is 0.349. The van der Waals surface area contributed by atoms with Crippen molar-refractivity contribution in [2.24, 2.45) is 0 Å². The van der Waals surface area contributed by atoms with E-state index in [1.807, 2.05) is 11.3 Å². The van der Waals surface area contributed by atoms with Crippen LogP contribution in [0.4, 0.5) is 0 Å². The summed E-state index contributed by atoms with van der Waals surface area (Å²) in [5.74, 6) is 0. The van der Waals surface area contributed by atoms with E-state index in [1.54, 1.807) is 0 Å². The molecule has 1 heterocycles. The van der Waals surface area contributed by atoms with E-state index in [-0.39, 0.29) is 0 Å². The molecule has 1 aromatic heterocycles. The first kappa shape index (κ1) is 8.75. The molecule has 0 aliphatic rings. The van der Waals surface area contributed by atoms with Crippen LogP contribution in [0.15, 0.2) is 12.1 Å². The minimum Gasteiger partial charge on any atom is -0.302 e. The average Bonchev–Trinajstić information content (AvgIpc) is 2.35. The highest BCUT2D eigenvalue weighted by atomic mass is 32.1. The highest BCUT2D eigenvalue weighted by Gasteiger charge is 1.98. The first-order valence-electron chi connectivity index (χ1n) is 3.96. The fourth-order valence-electron chi connectivity index (χ4n) is 0.948. The first-order chi connectivity index (χ1) is 5.22. The SMILES string of the molecule is CCN(C)Cc1ccc(C)s1. The van der Waals surface area contributed by atoms with E-state index in [9.17, 15) is 0 Å². The van der Waals surface area contributed by atoms with Crippen LogP contribution < -0.4 is 0 Å². The Labute approximate surface area is 72.7 Å². The largest absolute Gasteiger partial charge is 0.302 e. The number of hydrogen-bond donors (Lipinski definition) is 0. The molecule has 0 bridgehead atoms. The van der Waals surface area contributed by atoms with Crippen molar-refractivity contribution in [1.29, 1.82) is 0 Å². The van der Waals surface area contributed by atoms with Gasteiger partial charge >= 0.3 is 0 Å². The Bertz CT molecular complexity index is 217. The third-order valence-electron chi connectivity index (χ3n) is 1.76. The van der Waals surface area contributed by atoms with Crippen molar-refractivity contribution in [3.05, 3.63) is 21.9 Å². The Balaban J connectivity index is 2.50. The van der Waals surface area contributed by atoms with Gasteiger partial charge in [0.15, 0.2) is 0 Å². The van der Waals surface area contributed by atoms with Gasteiger partial charge in [0, 0.05) is 16.3 Å². The van der Waals surface area contributed by atoms with Gasteiger partial charge in [-0.2, -0.15) is 0 Å². The van der Waals surface area contributed by atoms with E-state index >= 15 is 0 Å². The third-order valence-corrected chi connectivity index (χ3v) is 2.75. The summed E-state index contributed by atoms with van der Waals surface area (Å²) in [6.45, 7) is 6.55. The minimum absolute atomic E-state index is 1.09. The van der Waals surface area contributed by atoms with Gasteiger partial charge in [0.25, 0.3) is 0 Å². The van der Waals surface area contributed by atoms with Crippen LogP contribution in [0, 0.1) is 6.92 Å². The molecule has 0 unspecified atom stereocenters. The van der Waals surface area contributed by atoms with Gasteiger partial charge in [-0.15, -0.1) is 11.3 Å². The van der Waals surface area contributed by atoms with Gasteiger partial charge < -0.3 is 4.90 Å². The Kier molecular flexibility index (Phi) is 3.09. The molecular weight excluding hydrogens is 154 g/mol. The molecule has 11 heavy (non-hydrogen) atoms. The van der Waals surface area contributed by atoms with Crippen LogP contribution in [-0.4, -0.2) is 18.5 Å². The fourth-order valence-corrected chi connectivity index (χ4v) is 1.92. The molecule has 0 aromatic carbocycles. The summed E-state index contributed by atoms with van der Waals surface area (Å²) < 4.78 is 0. The zero-order valence-corrected chi connectivity index (χ0v) is 8.24. The molecule has 0 aliphatic heterocycles. The molecule has 1 nitrogen and oxygen atoms in total. The lowest BCUT2D eigenvalue weighted by Crippen LogP contribution is -2.15. The second-order valence-electron chi connectivity index (χ2n) is 2.84. The summed E-state index contributed by atoms with van der Waals surface area (Å²) in [7, 11) is 2.15. The predicted molar refractivity (Wildman–Crippen MR) is 51.1 cm³/mol. The topological polar surface area (TPSA) is 3.24 Å². The number of hydrogen-bond acceptors (Lipinski definition) is 2. The van der Waals surface area contributed by atoms with E-state index in [1.165, 1.54) is 9.75 Å². The summed E-state index contributed by atoms with van der Waals surface area (Å²) >= 11 is 1.89. The van der Waals surface area contributed by atoms with E-state index in [2.05, 4.69) is 37.9 Å². The maximum atomic E-state index is 2.31. The second-order valence-corrected chi connectivity index (χ2v) is 4.22. The zero-order chi connectivity index (χ0) is 8.27. The molecular formula is C9H15NS. The van der Waals surface area contributed by atoms with Crippen LogP contribution in [-0.2, 0) is 6.54 Å². The number of thiophene rings is 1.